The fraction of sp³-hybridized carbons (Fsp3) is 0.909. The zero-order chi connectivity index (χ0) is 12.1. The number of rotatable bonds is 5. The van der Waals surface area contributed by atoms with Crippen LogP contribution in [0.3, 0.4) is 0 Å². The lowest BCUT2D eigenvalue weighted by Crippen LogP contribution is -2.42. The molecule has 3 atom stereocenters. The predicted octanol–water partition coefficient (Wildman–Crippen LogP) is 0.530. The van der Waals surface area contributed by atoms with E-state index in [1.807, 2.05) is 0 Å². The molecule has 3 unspecified atom stereocenters. The summed E-state index contributed by atoms with van der Waals surface area (Å²) in [5.74, 6) is 0.296. The van der Waals surface area contributed by atoms with Crippen molar-refractivity contribution in [3.63, 3.8) is 0 Å². The molecule has 1 saturated carbocycles. The highest BCUT2D eigenvalue weighted by Crippen LogP contribution is 2.17. The molecular weight excluding hydrogens is 224 g/mol. The third-order valence-electron chi connectivity index (χ3n) is 2.89. The van der Waals surface area contributed by atoms with Crippen LogP contribution in [-0.4, -0.2) is 33.2 Å². The van der Waals surface area contributed by atoms with Crippen LogP contribution in [0, 0.1) is 0 Å². The molecule has 0 bridgehead atoms. The van der Waals surface area contributed by atoms with E-state index >= 15 is 0 Å². The molecule has 0 saturated heterocycles. The first-order valence-corrected chi connectivity index (χ1v) is 7.32. The van der Waals surface area contributed by atoms with Crippen molar-refractivity contribution in [1.82, 2.24) is 5.32 Å². The average Bonchev–Trinajstić information content (AvgIpc) is 2.68. The highest BCUT2D eigenvalue weighted by atomic mass is 32.2. The first kappa shape index (κ1) is 13.6. The molecule has 1 fully saturated rings. The second-order valence-corrected chi connectivity index (χ2v) is 6.46. The van der Waals surface area contributed by atoms with Gasteiger partial charge in [-0.3, -0.25) is 9.00 Å². The zero-order valence-corrected chi connectivity index (χ0v) is 10.9. The monoisotopic (exact) mass is 246 g/mol. The molecule has 0 aromatic heterocycles. The maximum atomic E-state index is 11.8. The lowest BCUT2D eigenvalue weighted by molar-refractivity contribution is -0.121. The van der Waals surface area contributed by atoms with Crippen molar-refractivity contribution >= 4 is 16.7 Å². The number of carbonyl (C=O) groups excluding carboxylic acids is 1. The molecule has 0 aromatic carbocycles. The Morgan fingerprint density at radius 3 is 2.50 bits per heavy atom. The lowest BCUT2D eigenvalue weighted by atomic mass is 10.2. The molecule has 0 aromatic rings. The Hall–Kier alpha value is -0.420. The van der Waals surface area contributed by atoms with Crippen molar-refractivity contribution in [2.24, 2.45) is 5.73 Å². The molecule has 1 amide bonds. The van der Waals surface area contributed by atoms with Crippen LogP contribution >= 0.6 is 0 Å². The van der Waals surface area contributed by atoms with Crippen LogP contribution < -0.4 is 11.1 Å². The van der Waals surface area contributed by atoms with Crippen LogP contribution in [0.5, 0.6) is 0 Å². The van der Waals surface area contributed by atoms with E-state index in [1.165, 1.54) is 12.8 Å². The smallest absolute Gasteiger partial charge is 0.235 e. The molecule has 4 nitrogen and oxygen atoms in total. The Morgan fingerprint density at radius 1 is 1.44 bits per heavy atom. The van der Waals surface area contributed by atoms with Crippen molar-refractivity contribution in [2.75, 3.05) is 5.75 Å². The van der Waals surface area contributed by atoms with E-state index in [4.69, 9.17) is 5.73 Å². The molecule has 0 heterocycles. The SMILES string of the molecule is CC(N)CS(=O)C(C)C(=O)NC1CCCC1. The summed E-state index contributed by atoms with van der Waals surface area (Å²) in [5.41, 5.74) is 5.57. The summed E-state index contributed by atoms with van der Waals surface area (Å²) in [6.45, 7) is 3.52. The highest BCUT2D eigenvalue weighted by molar-refractivity contribution is 7.86. The molecule has 3 N–H and O–H groups in total. The van der Waals surface area contributed by atoms with Gasteiger partial charge in [-0.25, -0.2) is 0 Å². The van der Waals surface area contributed by atoms with E-state index in [9.17, 15) is 9.00 Å². The number of hydrogen-bond donors (Lipinski definition) is 2. The van der Waals surface area contributed by atoms with Gasteiger partial charge in [-0.2, -0.15) is 0 Å². The molecule has 94 valence electrons. The molecule has 1 aliphatic carbocycles. The molecule has 0 spiro atoms. The number of nitrogens with one attached hydrogen (secondary N) is 1. The summed E-state index contributed by atoms with van der Waals surface area (Å²) >= 11 is 0. The Labute approximate surface area is 99.8 Å². The lowest BCUT2D eigenvalue weighted by Gasteiger charge is -2.17. The van der Waals surface area contributed by atoms with Crippen molar-refractivity contribution in [3.8, 4) is 0 Å². The minimum Gasteiger partial charge on any atom is -0.352 e. The Morgan fingerprint density at radius 2 is 2.00 bits per heavy atom. The van der Waals surface area contributed by atoms with E-state index in [1.54, 1.807) is 13.8 Å². The molecule has 0 aliphatic heterocycles. The molecule has 0 radical (unpaired) electrons. The van der Waals surface area contributed by atoms with Crippen molar-refractivity contribution < 1.29 is 9.00 Å². The Bertz CT molecular complexity index is 263. The van der Waals surface area contributed by atoms with E-state index in [-0.39, 0.29) is 11.9 Å². The molecule has 16 heavy (non-hydrogen) atoms. The number of carbonyl (C=O) groups is 1. The topological polar surface area (TPSA) is 72.2 Å². The van der Waals surface area contributed by atoms with Gasteiger partial charge in [0.2, 0.25) is 5.91 Å². The van der Waals surface area contributed by atoms with Gasteiger partial charge in [-0.1, -0.05) is 12.8 Å². The Balaban J connectivity index is 2.37. The third kappa shape index (κ3) is 4.22. The normalized spacial score (nSPS) is 22.7. The van der Waals surface area contributed by atoms with Gasteiger partial charge < -0.3 is 11.1 Å². The average molecular weight is 246 g/mol. The summed E-state index contributed by atoms with van der Waals surface area (Å²) in [6, 6.07) is 0.171. The van der Waals surface area contributed by atoms with Gasteiger partial charge in [0.15, 0.2) is 0 Å². The van der Waals surface area contributed by atoms with Crippen molar-refractivity contribution in [1.29, 1.82) is 0 Å². The first-order valence-electron chi connectivity index (χ1n) is 5.94. The largest absolute Gasteiger partial charge is 0.352 e. The maximum absolute atomic E-state index is 11.8. The highest BCUT2D eigenvalue weighted by Gasteiger charge is 2.24. The molecular formula is C11H22N2O2S. The molecule has 5 heteroatoms. The van der Waals surface area contributed by atoms with E-state index in [2.05, 4.69) is 5.32 Å². The van der Waals surface area contributed by atoms with Crippen LogP contribution in [0.15, 0.2) is 0 Å². The summed E-state index contributed by atoms with van der Waals surface area (Å²) < 4.78 is 11.7. The number of hydrogen-bond acceptors (Lipinski definition) is 3. The van der Waals surface area contributed by atoms with Gasteiger partial charge >= 0.3 is 0 Å². The van der Waals surface area contributed by atoms with Crippen molar-refractivity contribution in [2.45, 2.75) is 56.9 Å². The maximum Gasteiger partial charge on any atom is 0.235 e. The minimum atomic E-state index is -1.16. The molecule has 1 rings (SSSR count). The van der Waals surface area contributed by atoms with E-state index < -0.39 is 16.0 Å². The summed E-state index contributed by atoms with van der Waals surface area (Å²) in [4.78, 5) is 11.8. The summed E-state index contributed by atoms with van der Waals surface area (Å²) in [6.07, 6.45) is 4.47. The molecule has 1 aliphatic rings. The van der Waals surface area contributed by atoms with Gasteiger partial charge in [-0.15, -0.1) is 0 Å². The third-order valence-corrected chi connectivity index (χ3v) is 4.75. The first-order chi connectivity index (χ1) is 7.50. The van der Waals surface area contributed by atoms with Crippen LogP contribution in [-0.2, 0) is 15.6 Å². The van der Waals surface area contributed by atoms with Crippen LogP contribution in [0.4, 0.5) is 0 Å². The zero-order valence-electron chi connectivity index (χ0n) is 10.1. The summed E-state index contributed by atoms with van der Waals surface area (Å²) in [5, 5.41) is 2.51. The van der Waals surface area contributed by atoms with Gasteiger partial charge in [0.1, 0.15) is 5.25 Å². The van der Waals surface area contributed by atoms with Crippen LogP contribution in [0.25, 0.3) is 0 Å². The second-order valence-electron chi connectivity index (χ2n) is 4.66. The van der Waals surface area contributed by atoms with Gasteiger partial charge in [0.05, 0.1) is 0 Å². The van der Waals surface area contributed by atoms with E-state index in [0.717, 1.165) is 12.8 Å². The van der Waals surface area contributed by atoms with E-state index in [0.29, 0.717) is 11.8 Å². The van der Waals surface area contributed by atoms with Crippen molar-refractivity contribution in [3.05, 3.63) is 0 Å². The standard InChI is InChI=1S/C11H22N2O2S/c1-8(12)7-16(15)9(2)11(14)13-10-5-3-4-6-10/h8-10H,3-7,12H2,1-2H3,(H,13,14). The van der Waals surface area contributed by atoms with Gasteiger partial charge in [-0.05, 0) is 26.7 Å². The van der Waals surface area contributed by atoms with Gasteiger partial charge in [0, 0.05) is 28.6 Å². The Kier molecular flexibility index (Phi) is 5.41. The van der Waals surface area contributed by atoms with Gasteiger partial charge in [0.25, 0.3) is 0 Å². The minimum absolute atomic E-state index is 0.0918. The van der Waals surface area contributed by atoms with Crippen LogP contribution in [0.2, 0.25) is 0 Å². The van der Waals surface area contributed by atoms with Crippen LogP contribution in [0.1, 0.15) is 39.5 Å². The predicted molar refractivity (Wildman–Crippen MR) is 66.5 cm³/mol. The summed E-state index contributed by atoms with van der Waals surface area (Å²) in [7, 11) is -1.16. The quantitative estimate of drug-likeness (QED) is 0.743. The number of nitrogens with two attached hydrogens (primary N) is 1. The second kappa shape index (κ2) is 6.35. The fourth-order valence-corrected chi connectivity index (χ4v) is 3.03. The number of amides is 1. The fourth-order valence-electron chi connectivity index (χ4n) is 1.91.